The second-order valence-corrected chi connectivity index (χ2v) is 8.36. The number of aliphatic imine (C=N–C) groups is 1. The van der Waals surface area contributed by atoms with E-state index in [0.29, 0.717) is 13.1 Å². The van der Waals surface area contributed by atoms with Gasteiger partial charge in [-0.2, -0.15) is 0 Å². The Bertz CT molecular complexity index is 1060. The third-order valence-electron chi connectivity index (χ3n) is 6.03. The molecule has 0 unspecified atom stereocenters. The van der Waals surface area contributed by atoms with Gasteiger partial charge in [0.25, 0.3) is 0 Å². The summed E-state index contributed by atoms with van der Waals surface area (Å²) in [4.78, 5) is 9.66. The Morgan fingerprint density at radius 2 is 1.61 bits per heavy atom. The number of nitrogens with zero attached hydrogens (tertiary/aromatic N) is 3. The van der Waals surface area contributed by atoms with Crippen LogP contribution in [0.1, 0.15) is 11.1 Å². The number of nitrogens with one attached hydrogen (secondary N) is 1. The highest BCUT2D eigenvalue weighted by atomic mass is 16.5. The summed E-state index contributed by atoms with van der Waals surface area (Å²) in [6, 6.07) is 25.0. The third-order valence-corrected chi connectivity index (χ3v) is 6.03. The van der Waals surface area contributed by atoms with E-state index in [1.165, 1.54) is 5.56 Å². The molecule has 33 heavy (non-hydrogen) atoms. The van der Waals surface area contributed by atoms with Gasteiger partial charge in [0.2, 0.25) is 0 Å². The zero-order valence-corrected chi connectivity index (χ0v) is 19.5. The highest BCUT2D eigenvalue weighted by Crippen LogP contribution is 2.31. The summed E-state index contributed by atoms with van der Waals surface area (Å²) in [5.41, 5.74) is 11.2. The lowest BCUT2D eigenvalue weighted by Crippen LogP contribution is -2.49. The number of hydrogen-bond acceptors (Lipinski definition) is 4. The van der Waals surface area contributed by atoms with Crippen molar-refractivity contribution in [2.75, 3.05) is 45.7 Å². The average Bonchev–Trinajstić information content (AvgIpc) is 2.88. The first-order valence-corrected chi connectivity index (χ1v) is 11.4. The maximum atomic E-state index is 5.74. The fraction of sp³-hybridized carbons (Fsp3) is 0.296. The largest absolute Gasteiger partial charge is 0.495 e. The minimum atomic E-state index is 0.551. The summed E-state index contributed by atoms with van der Waals surface area (Å²) in [5.74, 6) is 1.67. The van der Waals surface area contributed by atoms with E-state index in [2.05, 4.69) is 82.8 Å². The molecule has 0 amide bonds. The molecule has 3 aromatic carbocycles. The quantitative estimate of drug-likeness (QED) is 0.445. The van der Waals surface area contributed by atoms with Gasteiger partial charge in [0.15, 0.2) is 5.96 Å². The first-order chi connectivity index (χ1) is 16.2. The smallest absolute Gasteiger partial charge is 0.198 e. The first kappa shape index (κ1) is 22.8. The molecule has 0 aliphatic carbocycles. The Hall–Kier alpha value is -3.35. The number of nitrogens with two attached hydrogens (primary N) is 1. The Balaban J connectivity index is 1.62. The van der Waals surface area contributed by atoms with Crippen molar-refractivity contribution < 1.29 is 4.74 Å². The molecule has 0 aromatic heterocycles. The van der Waals surface area contributed by atoms with Crippen molar-refractivity contribution in [1.29, 1.82) is 0 Å². The molecular formula is C27H33N5O. The molecule has 0 bridgehead atoms. The van der Waals surface area contributed by atoms with Gasteiger partial charge in [-0.3, -0.25) is 0 Å². The number of rotatable bonds is 6. The van der Waals surface area contributed by atoms with Crippen LogP contribution in [-0.4, -0.2) is 56.1 Å². The first-order valence-electron chi connectivity index (χ1n) is 11.4. The molecule has 1 fully saturated rings. The minimum Gasteiger partial charge on any atom is -0.495 e. The lowest BCUT2D eigenvalue weighted by molar-refractivity contribution is 0.215. The van der Waals surface area contributed by atoms with Crippen molar-refractivity contribution in [2.24, 2.45) is 10.7 Å². The summed E-state index contributed by atoms with van der Waals surface area (Å²) < 4.78 is 5.67. The van der Waals surface area contributed by atoms with Crippen LogP contribution >= 0.6 is 0 Å². The molecule has 6 nitrogen and oxygen atoms in total. The van der Waals surface area contributed by atoms with Crippen LogP contribution in [0.2, 0.25) is 0 Å². The van der Waals surface area contributed by atoms with Gasteiger partial charge >= 0.3 is 0 Å². The van der Waals surface area contributed by atoms with Crippen LogP contribution in [0.3, 0.4) is 0 Å². The Labute approximate surface area is 196 Å². The van der Waals surface area contributed by atoms with Crippen molar-refractivity contribution >= 4 is 11.6 Å². The highest BCUT2D eigenvalue weighted by molar-refractivity contribution is 5.96. The molecule has 0 atom stereocenters. The normalized spacial score (nSPS) is 14.9. The molecule has 3 N–H and O–H groups in total. The van der Waals surface area contributed by atoms with E-state index in [9.17, 15) is 0 Å². The maximum Gasteiger partial charge on any atom is 0.198 e. The predicted octanol–water partition coefficient (Wildman–Crippen LogP) is 4.04. The SMILES string of the molecule is COc1ccc(-c2ccccc2)cc1NC(=NCc1ccc(CN)cc1)N1CCN(C)CC1. The van der Waals surface area contributed by atoms with Gasteiger partial charge in [0.1, 0.15) is 5.75 Å². The van der Waals surface area contributed by atoms with E-state index in [0.717, 1.165) is 60.3 Å². The van der Waals surface area contributed by atoms with E-state index in [1.54, 1.807) is 7.11 Å². The molecule has 0 radical (unpaired) electrons. The summed E-state index contributed by atoms with van der Waals surface area (Å²) in [5, 5.41) is 3.60. The minimum absolute atomic E-state index is 0.551. The van der Waals surface area contributed by atoms with Crippen LogP contribution in [-0.2, 0) is 13.1 Å². The van der Waals surface area contributed by atoms with Gasteiger partial charge in [0.05, 0.1) is 19.3 Å². The second kappa shape index (κ2) is 11.0. The van der Waals surface area contributed by atoms with Crippen molar-refractivity contribution in [3.05, 3.63) is 83.9 Å². The molecule has 1 aliphatic rings. The maximum absolute atomic E-state index is 5.74. The predicted molar refractivity (Wildman–Crippen MR) is 137 cm³/mol. The van der Waals surface area contributed by atoms with E-state index in [4.69, 9.17) is 15.5 Å². The van der Waals surface area contributed by atoms with Crippen LogP contribution in [0.25, 0.3) is 11.1 Å². The average molecular weight is 444 g/mol. The second-order valence-electron chi connectivity index (χ2n) is 8.36. The van der Waals surface area contributed by atoms with Crippen LogP contribution in [0.5, 0.6) is 5.75 Å². The zero-order valence-electron chi connectivity index (χ0n) is 19.5. The number of guanidine groups is 1. The van der Waals surface area contributed by atoms with Gasteiger partial charge in [-0.1, -0.05) is 60.7 Å². The molecular weight excluding hydrogens is 410 g/mol. The van der Waals surface area contributed by atoms with E-state index in [-0.39, 0.29) is 0 Å². The Kier molecular flexibility index (Phi) is 7.60. The molecule has 6 heteroatoms. The van der Waals surface area contributed by atoms with Crippen LogP contribution in [0.4, 0.5) is 5.69 Å². The molecule has 172 valence electrons. The summed E-state index contributed by atoms with van der Waals surface area (Å²) in [7, 11) is 3.86. The van der Waals surface area contributed by atoms with Gasteiger partial charge in [-0.15, -0.1) is 0 Å². The number of hydrogen-bond donors (Lipinski definition) is 2. The molecule has 1 heterocycles. The molecule has 1 aliphatic heterocycles. The molecule has 0 saturated carbocycles. The fourth-order valence-electron chi connectivity index (χ4n) is 3.92. The van der Waals surface area contributed by atoms with Gasteiger partial charge < -0.3 is 25.6 Å². The van der Waals surface area contributed by atoms with E-state index < -0.39 is 0 Å². The van der Waals surface area contributed by atoms with Gasteiger partial charge in [0, 0.05) is 32.7 Å². The standard InChI is InChI=1S/C27H33N5O/c1-31-14-16-32(17-15-31)27(29-20-22-10-8-21(19-28)9-11-22)30-25-18-24(12-13-26(25)33-2)23-6-4-3-5-7-23/h3-13,18H,14-17,19-20,28H2,1-2H3,(H,29,30). The monoisotopic (exact) mass is 443 g/mol. The number of anilines is 1. The van der Waals surface area contributed by atoms with Crippen molar-refractivity contribution in [1.82, 2.24) is 9.80 Å². The van der Waals surface area contributed by atoms with Gasteiger partial charge in [-0.05, 0) is 41.4 Å². The number of methoxy groups -OCH3 is 1. The van der Waals surface area contributed by atoms with Crippen LogP contribution in [0.15, 0.2) is 77.8 Å². The summed E-state index contributed by atoms with van der Waals surface area (Å²) in [6.45, 7) is 5.01. The Morgan fingerprint density at radius 1 is 0.909 bits per heavy atom. The highest BCUT2D eigenvalue weighted by Gasteiger charge is 2.19. The lowest BCUT2D eigenvalue weighted by Gasteiger charge is -2.35. The number of benzene rings is 3. The lowest BCUT2D eigenvalue weighted by atomic mass is 10.0. The van der Waals surface area contributed by atoms with Gasteiger partial charge in [-0.25, -0.2) is 4.99 Å². The molecule has 0 spiro atoms. The van der Waals surface area contributed by atoms with Crippen molar-refractivity contribution in [3.63, 3.8) is 0 Å². The summed E-state index contributed by atoms with van der Waals surface area (Å²) >= 11 is 0. The van der Waals surface area contributed by atoms with Crippen molar-refractivity contribution in [2.45, 2.75) is 13.1 Å². The number of ether oxygens (including phenoxy) is 1. The fourth-order valence-corrected chi connectivity index (χ4v) is 3.92. The van der Waals surface area contributed by atoms with Crippen LogP contribution in [0, 0.1) is 0 Å². The molecule has 4 rings (SSSR count). The number of likely N-dealkylation sites (N-methyl/N-ethyl adjacent to an activating group) is 1. The number of piperazine rings is 1. The van der Waals surface area contributed by atoms with Crippen molar-refractivity contribution in [3.8, 4) is 16.9 Å². The molecule has 1 saturated heterocycles. The Morgan fingerprint density at radius 3 is 2.27 bits per heavy atom. The zero-order chi connectivity index (χ0) is 23.0. The molecule has 3 aromatic rings. The van der Waals surface area contributed by atoms with E-state index >= 15 is 0 Å². The topological polar surface area (TPSA) is 66.1 Å². The third kappa shape index (κ3) is 5.92. The van der Waals surface area contributed by atoms with E-state index in [1.807, 2.05) is 12.1 Å². The summed E-state index contributed by atoms with van der Waals surface area (Å²) in [6.07, 6.45) is 0. The van der Waals surface area contributed by atoms with Crippen LogP contribution < -0.4 is 15.8 Å².